The van der Waals surface area contributed by atoms with Crippen molar-refractivity contribution in [3.63, 3.8) is 0 Å². The van der Waals surface area contributed by atoms with Gasteiger partial charge in [-0.25, -0.2) is 9.37 Å². The largest absolute Gasteiger partial charge is 0.496 e. The van der Waals surface area contributed by atoms with E-state index in [1.165, 1.54) is 14.2 Å². The molecule has 11 nitrogen and oxygen atoms in total. The van der Waals surface area contributed by atoms with E-state index in [4.69, 9.17) is 42.4 Å². The van der Waals surface area contributed by atoms with E-state index < -0.39 is 18.0 Å². The number of aliphatic hydroxyl groups excluding tert-OH is 1. The second-order valence-corrected chi connectivity index (χ2v) is 15.2. The molecule has 2 unspecified atom stereocenters. The summed E-state index contributed by atoms with van der Waals surface area (Å²) in [5.74, 6) is -0.608. The molecule has 4 aromatic rings. The number of benzene rings is 3. The fourth-order valence-corrected chi connectivity index (χ4v) is 8.71. The highest BCUT2D eigenvalue weighted by Crippen LogP contribution is 2.46. The van der Waals surface area contributed by atoms with Crippen molar-refractivity contribution in [3.8, 4) is 22.6 Å². The minimum atomic E-state index is -0.646. The summed E-state index contributed by atoms with van der Waals surface area (Å²) in [6, 6.07) is 12.6. The van der Waals surface area contributed by atoms with Gasteiger partial charge in [-0.05, 0) is 61.9 Å². The topological polar surface area (TPSA) is 118 Å². The molecule has 14 heteroatoms. The van der Waals surface area contributed by atoms with Crippen molar-refractivity contribution in [3.05, 3.63) is 92.2 Å². The number of aromatic nitrogens is 2. The Balaban J connectivity index is 1.11. The van der Waals surface area contributed by atoms with Crippen LogP contribution < -0.4 is 14.8 Å². The molecule has 55 heavy (non-hydrogen) atoms. The van der Waals surface area contributed by atoms with E-state index in [9.17, 15) is 14.7 Å². The summed E-state index contributed by atoms with van der Waals surface area (Å²) in [4.78, 5) is 34.8. The van der Waals surface area contributed by atoms with Gasteiger partial charge in [0.05, 0.1) is 37.2 Å². The Morgan fingerprint density at radius 1 is 1.04 bits per heavy atom. The van der Waals surface area contributed by atoms with Crippen molar-refractivity contribution in [2.75, 3.05) is 39.2 Å². The lowest BCUT2D eigenvalue weighted by atomic mass is 9.96. The average Bonchev–Trinajstić information content (AvgIpc) is 3.77. The number of carbonyl (C=O) groups is 2. The zero-order valence-electron chi connectivity index (χ0n) is 31.5. The number of rotatable bonds is 11. The minimum Gasteiger partial charge on any atom is -0.496 e. The molecule has 3 aliphatic rings. The van der Waals surface area contributed by atoms with Crippen molar-refractivity contribution in [1.82, 2.24) is 19.4 Å². The number of nitrogens with one attached hydrogen (secondary N) is 1. The van der Waals surface area contributed by atoms with E-state index in [1.54, 1.807) is 12.1 Å². The van der Waals surface area contributed by atoms with Gasteiger partial charge < -0.3 is 29.2 Å². The van der Waals surface area contributed by atoms with Crippen molar-refractivity contribution >= 4 is 40.8 Å². The average molecular weight is 795 g/mol. The number of likely N-dealkylation sites (tertiary alicyclic amines) is 1. The highest BCUT2D eigenvalue weighted by molar-refractivity contribution is 6.36. The maximum Gasteiger partial charge on any atom is 0.323 e. The van der Waals surface area contributed by atoms with Crippen molar-refractivity contribution in [2.24, 2.45) is 7.05 Å². The molecule has 0 bridgehead atoms. The van der Waals surface area contributed by atoms with Crippen molar-refractivity contribution < 1.29 is 33.3 Å². The number of anilines is 1. The van der Waals surface area contributed by atoms with E-state index >= 15 is 4.39 Å². The Bertz CT molecular complexity index is 2110. The predicted octanol–water partition coefficient (Wildman–Crippen LogP) is 7.13. The standard InChI is InChI=1S/C41H46Cl2FN5O6/c1-23(22-50)48-18-16-31-30(21-48)45-39(47(31)2)40(51)46-29-12-8-11-27(36(29)42)24-9-7-10-26-25(24)14-15-33(26)55-35-19-34(53-3)28(38(44)37(35)43)20-49-17-6-5-13-32(49)41(52)54-4/h7-12,19,23,32-33,50H,5-6,13-18,20-22H2,1-4H3,(H,46,51)/t23?,32-,33?/m0/s1. The maximum atomic E-state index is 16.1. The second-order valence-electron chi connectivity index (χ2n) is 14.5. The summed E-state index contributed by atoms with van der Waals surface area (Å²) in [6.45, 7) is 4.13. The van der Waals surface area contributed by atoms with Gasteiger partial charge in [0.15, 0.2) is 11.6 Å². The molecule has 3 aromatic carbocycles. The molecule has 1 amide bonds. The number of imidazole rings is 1. The zero-order valence-corrected chi connectivity index (χ0v) is 33.0. The number of nitrogens with zero attached hydrogens (tertiary/aromatic N) is 4. The highest BCUT2D eigenvalue weighted by Gasteiger charge is 2.34. The maximum absolute atomic E-state index is 16.1. The molecule has 0 spiro atoms. The highest BCUT2D eigenvalue weighted by atomic mass is 35.5. The number of halogens is 3. The number of aliphatic hydroxyl groups is 1. The van der Waals surface area contributed by atoms with Gasteiger partial charge in [0.1, 0.15) is 28.7 Å². The first-order chi connectivity index (χ1) is 26.5. The molecule has 1 aromatic heterocycles. The molecule has 2 aliphatic heterocycles. The van der Waals surface area contributed by atoms with E-state index in [1.807, 2.05) is 53.8 Å². The molecule has 1 saturated heterocycles. The van der Waals surface area contributed by atoms with Crippen LogP contribution in [0.15, 0.2) is 42.5 Å². The molecular weight excluding hydrogens is 748 g/mol. The van der Waals surface area contributed by atoms with Gasteiger partial charge in [0.25, 0.3) is 5.91 Å². The van der Waals surface area contributed by atoms with Gasteiger partial charge in [-0.1, -0.05) is 60.0 Å². The Hall–Kier alpha value is -4.20. The van der Waals surface area contributed by atoms with E-state index in [0.717, 1.165) is 59.4 Å². The molecular formula is C41H46Cl2FN5O6. The summed E-state index contributed by atoms with van der Waals surface area (Å²) >= 11 is 13.7. The predicted molar refractivity (Wildman–Crippen MR) is 208 cm³/mol. The molecule has 3 atom stereocenters. The van der Waals surface area contributed by atoms with Crippen LogP contribution in [0, 0.1) is 5.82 Å². The fraction of sp³-hybridized carbons (Fsp3) is 0.439. The van der Waals surface area contributed by atoms with Crippen LogP contribution in [0.3, 0.4) is 0 Å². The number of fused-ring (bicyclic) bond motifs is 2. The molecule has 3 heterocycles. The second kappa shape index (κ2) is 16.5. The van der Waals surface area contributed by atoms with Crippen molar-refractivity contribution in [1.29, 1.82) is 0 Å². The third-order valence-electron chi connectivity index (χ3n) is 11.3. The Kier molecular flexibility index (Phi) is 11.7. The number of hydrogen-bond donors (Lipinski definition) is 2. The van der Waals surface area contributed by atoms with Gasteiger partial charge in [-0.3, -0.25) is 19.4 Å². The van der Waals surface area contributed by atoms with Crippen LogP contribution in [-0.4, -0.2) is 82.3 Å². The number of amides is 1. The molecule has 1 fully saturated rings. The van der Waals surface area contributed by atoms with Crippen molar-refractivity contribution in [2.45, 2.75) is 76.7 Å². The lowest BCUT2D eigenvalue weighted by Gasteiger charge is -2.34. The zero-order chi connectivity index (χ0) is 39.0. The van der Waals surface area contributed by atoms with Gasteiger partial charge in [-0.15, -0.1) is 0 Å². The third kappa shape index (κ3) is 7.55. The smallest absolute Gasteiger partial charge is 0.323 e. The fourth-order valence-electron chi connectivity index (χ4n) is 8.22. The lowest BCUT2D eigenvalue weighted by molar-refractivity contribution is -0.148. The Morgan fingerprint density at radius 3 is 2.58 bits per heavy atom. The SMILES string of the molecule is COC(=O)[C@@H]1CCCCN1Cc1c(OC)cc(OC2CCc3c(-c4cccc(NC(=O)c5nc6c(n5C)CCN(C(C)CO)C6)c4Cl)cccc32)c(Cl)c1F. The number of hydrogen-bond acceptors (Lipinski definition) is 9. The van der Waals surface area contributed by atoms with E-state index in [0.29, 0.717) is 48.9 Å². The summed E-state index contributed by atoms with van der Waals surface area (Å²) in [6.07, 6.45) is 4.02. The molecule has 2 N–H and O–H groups in total. The number of esters is 1. The monoisotopic (exact) mass is 793 g/mol. The van der Waals surface area contributed by atoms with Crippen LogP contribution in [-0.2, 0) is 42.5 Å². The molecule has 292 valence electrons. The minimum absolute atomic E-state index is 0.00503. The first-order valence-electron chi connectivity index (χ1n) is 18.7. The molecule has 0 radical (unpaired) electrons. The van der Waals surface area contributed by atoms with Crippen LogP contribution in [0.5, 0.6) is 11.5 Å². The van der Waals surface area contributed by atoms with Gasteiger partial charge >= 0.3 is 5.97 Å². The number of piperidine rings is 1. The number of carbonyl (C=O) groups excluding carboxylic acids is 2. The van der Waals surface area contributed by atoms with Crippen LogP contribution >= 0.6 is 23.2 Å². The first-order valence-corrected chi connectivity index (χ1v) is 19.4. The molecule has 7 rings (SSSR count). The van der Waals surface area contributed by atoms with Crippen LogP contribution in [0.1, 0.15) is 77.4 Å². The van der Waals surface area contributed by atoms with E-state index in [2.05, 4.69) is 10.2 Å². The lowest BCUT2D eigenvalue weighted by Crippen LogP contribution is -2.44. The third-order valence-corrected chi connectivity index (χ3v) is 12.1. The number of ether oxygens (including phenoxy) is 3. The van der Waals surface area contributed by atoms with Crippen LogP contribution in [0.4, 0.5) is 10.1 Å². The Labute approximate surface area is 330 Å². The van der Waals surface area contributed by atoms with Crippen LogP contribution in [0.2, 0.25) is 10.0 Å². The molecule has 0 saturated carbocycles. The van der Waals surface area contributed by atoms with Crippen LogP contribution in [0.25, 0.3) is 11.1 Å². The summed E-state index contributed by atoms with van der Waals surface area (Å²) in [7, 11) is 4.68. The van der Waals surface area contributed by atoms with Gasteiger partial charge in [0.2, 0.25) is 0 Å². The van der Waals surface area contributed by atoms with Gasteiger partial charge in [0, 0.05) is 62.0 Å². The summed E-state index contributed by atoms with van der Waals surface area (Å²) in [5, 5.41) is 12.9. The molecule has 1 aliphatic carbocycles. The Morgan fingerprint density at radius 2 is 1.82 bits per heavy atom. The van der Waals surface area contributed by atoms with Gasteiger partial charge in [-0.2, -0.15) is 0 Å². The normalized spacial score (nSPS) is 19.1. The first kappa shape index (κ1) is 39.1. The number of methoxy groups -OCH3 is 2. The summed E-state index contributed by atoms with van der Waals surface area (Å²) < 4.78 is 35.0. The van der Waals surface area contributed by atoms with E-state index in [-0.39, 0.29) is 53.2 Å². The quantitative estimate of drug-likeness (QED) is 0.153. The summed E-state index contributed by atoms with van der Waals surface area (Å²) in [5.41, 5.74) is 6.18.